The van der Waals surface area contributed by atoms with E-state index in [1.807, 2.05) is 17.1 Å². The van der Waals surface area contributed by atoms with E-state index in [0.29, 0.717) is 0 Å². The van der Waals surface area contributed by atoms with Gasteiger partial charge in [-0.3, -0.25) is 0 Å². The molecule has 0 aromatic rings. The van der Waals surface area contributed by atoms with Crippen LogP contribution < -0.4 is 0 Å². The molecule has 0 amide bonds. The second kappa shape index (κ2) is 4.76. The van der Waals surface area contributed by atoms with E-state index in [4.69, 9.17) is 8.91 Å². The molecule has 0 atom stereocenters. The Hall–Kier alpha value is 0.760. The summed E-state index contributed by atoms with van der Waals surface area (Å²) < 4.78 is 2.02. The fraction of sp³-hybridized carbons (Fsp3) is 0.333. The Labute approximate surface area is 46.2 Å². The fourth-order valence-electron chi connectivity index (χ4n) is 0.0514. The van der Waals surface area contributed by atoms with Crippen LogP contribution in [-0.2, 0) is 0 Å². The average molecular weight is 204 g/mol. The molecular weight excluding hydrogens is 198 g/mol. The summed E-state index contributed by atoms with van der Waals surface area (Å²) in [4.78, 5) is 0. The van der Waals surface area contributed by atoms with Crippen molar-refractivity contribution in [2.75, 3.05) is 0 Å². The Balaban J connectivity index is 2.62. The number of allylic oxidation sites excluding steroid dienone is 1. The number of rotatable bonds is 1. The monoisotopic (exact) mass is 204 g/mol. The van der Waals surface area contributed by atoms with Crippen molar-refractivity contribution in [2.24, 2.45) is 0 Å². The van der Waals surface area contributed by atoms with Crippen molar-refractivity contribution in [1.82, 2.24) is 0 Å². The molecular formula is C3H6ClI. The molecule has 32 valence electrons. The van der Waals surface area contributed by atoms with Crippen LogP contribution in [-0.4, -0.2) is 0 Å². The van der Waals surface area contributed by atoms with Crippen molar-refractivity contribution in [2.45, 2.75) is 6.92 Å². The van der Waals surface area contributed by atoms with E-state index >= 15 is 0 Å². The first kappa shape index (κ1) is 5.76. The number of halogens is 2. The summed E-state index contributed by atoms with van der Waals surface area (Å²) in [7, 11) is 5.34. The van der Waals surface area contributed by atoms with Gasteiger partial charge in [0.05, 0.1) is 0 Å². The molecule has 0 fully saturated rings. The summed E-state index contributed by atoms with van der Waals surface area (Å²) in [5.74, 6) is 0. The van der Waals surface area contributed by atoms with Gasteiger partial charge in [0.25, 0.3) is 0 Å². The van der Waals surface area contributed by atoms with Crippen molar-refractivity contribution in [3.8, 4) is 0 Å². The Morgan fingerprint density at radius 2 is 2.40 bits per heavy atom. The summed E-state index contributed by atoms with van der Waals surface area (Å²) in [5, 5.41) is 0. The molecule has 0 spiro atoms. The van der Waals surface area contributed by atoms with Gasteiger partial charge in [-0.1, -0.05) is 0 Å². The fourth-order valence-corrected chi connectivity index (χ4v) is 1.04. The molecule has 0 nitrogen and oxygen atoms in total. The van der Waals surface area contributed by atoms with E-state index < -0.39 is 0 Å². The third-order valence-electron chi connectivity index (χ3n) is 0.188. The van der Waals surface area contributed by atoms with E-state index in [0.717, 1.165) is 0 Å². The van der Waals surface area contributed by atoms with Crippen molar-refractivity contribution in [1.29, 1.82) is 0 Å². The molecule has 0 unspecified atom stereocenters. The minimum atomic E-state index is -0.235. The Bertz CT molecular complexity index is 33.9. The van der Waals surface area contributed by atoms with Gasteiger partial charge < -0.3 is 0 Å². The zero-order chi connectivity index (χ0) is 4.12. The first-order valence-corrected chi connectivity index (χ1v) is 5.60. The van der Waals surface area contributed by atoms with Gasteiger partial charge in [0, 0.05) is 0 Å². The quantitative estimate of drug-likeness (QED) is 0.575. The molecule has 0 saturated carbocycles. The zero-order valence-corrected chi connectivity index (χ0v) is 6.03. The summed E-state index contributed by atoms with van der Waals surface area (Å²) in [6, 6.07) is 0. The second-order valence-corrected chi connectivity index (χ2v) is 3.04. The predicted octanol–water partition coefficient (Wildman–Crippen LogP) is 2.38. The van der Waals surface area contributed by atoms with Crippen molar-refractivity contribution < 1.29 is 0 Å². The van der Waals surface area contributed by atoms with Gasteiger partial charge in [0.2, 0.25) is 0 Å². The Morgan fingerprint density at radius 1 is 1.80 bits per heavy atom. The van der Waals surface area contributed by atoms with Crippen molar-refractivity contribution in [3.05, 3.63) is 10.2 Å². The van der Waals surface area contributed by atoms with Crippen LogP contribution in [0.5, 0.6) is 0 Å². The number of hydrogen-bond acceptors (Lipinski definition) is 0. The van der Waals surface area contributed by atoms with E-state index in [9.17, 15) is 0 Å². The van der Waals surface area contributed by atoms with E-state index in [2.05, 4.69) is 0 Å². The normalized spacial score (nSPS) is 10.8. The first-order chi connectivity index (χ1) is 2.41. The summed E-state index contributed by atoms with van der Waals surface area (Å²) in [6.07, 6.45) is 1.98. The molecule has 0 radical (unpaired) electrons. The van der Waals surface area contributed by atoms with Crippen LogP contribution in [0.25, 0.3) is 0 Å². The molecule has 0 aromatic heterocycles. The molecule has 0 aliphatic heterocycles. The molecule has 5 heavy (non-hydrogen) atoms. The topological polar surface area (TPSA) is 0 Å². The van der Waals surface area contributed by atoms with Crippen LogP contribution >= 0.6 is 29.0 Å². The molecule has 0 heterocycles. The van der Waals surface area contributed by atoms with Gasteiger partial charge >= 0.3 is 46.1 Å². The third-order valence-corrected chi connectivity index (χ3v) is 1.95. The average Bonchev–Trinajstić information content (AvgIpc) is 1.41. The first-order valence-electron chi connectivity index (χ1n) is 1.30. The van der Waals surface area contributed by atoms with E-state index in [-0.39, 0.29) is 20.1 Å². The molecule has 0 rings (SSSR count). The summed E-state index contributed by atoms with van der Waals surface area (Å²) in [5.41, 5.74) is 0. The van der Waals surface area contributed by atoms with E-state index in [1.165, 1.54) is 0 Å². The Morgan fingerprint density at radius 3 is 2.40 bits per heavy atom. The molecule has 0 N–H and O–H groups in total. The molecule has 0 aromatic carbocycles. The van der Waals surface area contributed by atoms with Crippen LogP contribution in [0, 0.1) is 0 Å². The predicted molar refractivity (Wildman–Crippen MR) is 36.1 cm³/mol. The van der Waals surface area contributed by atoms with Gasteiger partial charge in [0.1, 0.15) is 0 Å². The molecule has 0 aliphatic carbocycles. The van der Waals surface area contributed by atoms with Gasteiger partial charge in [0.15, 0.2) is 0 Å². The molecule has 2 heteroatoms. The maximum atomic E-state index is 5.34. The van der Waals surface area contributed by atoms with Gasteiger partial charge in [-0.25, -0.2) is 0 Å². The molecule has 0 bridgehead atoms. The van der Waals surface area contributed by atoms with Crippen LogP contribution in [0.4, 0.5) is 0 Å². The minimum absolute atomic E-state index is 0.235. The summed E-state index contributed by atoms with van der Waals surface area (Å²) >= 11 is -0.235. The number of hydrogen-bond donors (Lipinski definition) is 0. The maximum absolute atomic E-state index is 5.34. The van der Waals surface area contributed by atoms with Crippen molar-refractivity contribution in [3.63, 3.8) is 0 Å². The van der Waals surface area contributed by atoms with Gasteiger partial charge in [-0.2, -0.15) is 0 Å². The third kappa shape index (κ3) is 4.76. The SMILES string of the molecule is CC=C[IH]Cl. The van der Waals surface area contributed by atoms with E-state index in [1.54, 1.807) is 0 Å². The standard InChI is InChI=1S/C3H6ClI/c1-2-3-5-4/h2-3,5H,1H3. The molecule has 0 aliphatic rings. The van der Waals surface area contributed by atoms with Crippen LogP contribution in [0.1, 0.15) is 6.92 Å². The Kier molecular flexibility index (Phi) is 5.48. The molecule has 0 saturated heterocycles. The zero-order valence-electron chi connectivity index (χ0n) is 2.94. The van der Waals surface area contributed by atoms with Gasteiger partial charge in [-0.15, -0.1) is 0 Å². The second-order valence-electron chi connectivity index (χ2n) is 0.559. The van der Waals surface area contributed by atoms with Crippen LogP contribution in [0.3, 0.4) is 0 Å². The van der Waals surface area contributed by atoms with Gasteiger partial charge in [-0.05, 0) is 0 Å². The van der Waals surface area contributed by atoms with Crippen LogP contribution in [0.2, 0.25) is 0 Å². The summed E-state index contributed by atoms with van der Waals surface area (Å²) in [6.45, 7) is 1.98. The van der Waals surface area contributed by atoms with Crippen LogP contribution in [0.15, 0.2) is 10.2 Å². The van der Waals surface area contributed by atoms with Crippen molar-refractivity contribution >= 4 is 29.0 Å².